The molecule has 0 aliphatic heterocycles. The summed E-state index contributed by atoms with van der Waals surface area (Å²) >= 11 is 1.64. The minimum atomic E-state index is -0.257. The van der Waals surface area contributed by atoms with Crippen LogP contribution >= 0.6 is 11.3 Å². The third kappa shape index (κ3) is 4.63. The Hall–Kier alpha value is -2.21. The molecule has 0 aliphatic rings. The maximum atomic E-state index is 12.3. The summed E-state index contributed by atoms with van der Waals surface area (Å²) in [6.45, 7) is 4.17. The second-order valence-electron chi connectivity index (χ2n) is 5.44. The van der Waals surface area contributed by atoms with Crippen LogP contribution in [0.2, 0.25) is 0 Å². The van der Waals surface area contributed by atoms with E-state index in [9.17, 15) is 4.79 Å². The maximum absolute atomic E-state index is 12.3. The van der Waals surface area contributed by atoms with Gasteiger partial charge in [-0.15, -0.1) is 11.3 Å². The molecule has 0 saturated heterocycles. The summed E-state index contributed by atoms with van der Waals surface area (Å²) in [6.07, 6.45) is 0. The van der Waals surface area contributed by atoms with Crippen LogP contribution in [0.3, 0.4) is 0 Å². The second-order valence-corrected chi connectivity index (χ2v) is 6.42. The number of carbonyl (C=O) groups is 1. The first kappa shape index (κ1) is 17.1. The fourth-order valence-corrected chi connectivity index (χ4v) is 3.17. The van der Waals surface area contributed by atoms with Gasteiger partial charge in [0.25, 0.3) is 0 Å². The van der Waals surface area contributed by atoms with Crippen LogP contribution in [0.15, 0.2) is 35.7 Å². The molecule has 2 N–H and O–H groups in total. The normalized spacial score (nSPS) is 11.9. The fraction of sp³-hybridized carbons (Fsp3) is 0.353. The van der Waals surface area contributed by atoms with Crippen molar-refractivity contribution in [3.05, 3.63) is 40.6 Å². The van der Waals surface area contributed by atoms with Crippen molar-refractivity contribution in [3.8, 4) is 11.5 Å². The van der Waals surface area contributed by atoms with Crippen LogP contribution in [0.4, 0.5) is 10.5 Å². The topological polar surface area (TPSA) is 59.6 Å². The van der Waals surface area contributed by atoms with E-state index < -0.39 is 0 Å². The zero-order valence-corrected chi connectivity index (χ0v) is 14.6. The van der Waals surface area contributed by atoms with Crippen molar-refractivity contribution in [3.63, 3.8) is 0 Å². The number of hydrogen-bond acceptors (Lipinski definition) is 4. The van der Waals surface area contributed by atoms with Crippen molar-refractivity contribution in [2.75, 3.05) is 19.5 Å². The van der Waals surface area contributed by atoms with Crippen LogP contribution in [-0.4, -0.2) is 20.3 Å². The molecule has 2 aromatic rings. The molecule has 0 spiro atoms. The number of methoxy groups -OCH3 is 2. The minimum Gasteiger partial charge on any atom is -0.497 e. The van der Waals surface area contributed by atoms with Crippen LogP contribution in [0.25, 0.3) is 0 Å². The van der Waals surface area contributed by atoms with Gasteiger partial charge in [0.2, 0.25) is 0 Å². The van der Waals surface area contributed by atoms with E-state index in [-0.39, 0.29) is 12.1 Å². The van der Waals surface area contributed by atoms with Gasteiger partial charge in [-0.25, -0.2) is 4.79 Å². The summed E-state index contributed by atoms with van der Waals surface area (Å²) in [4.78, 5) is 13.5. The third-order valence-electron chi connectivity index (χ3n) is 3.41. The van der Waals surface area contributed by atoms with E-state index in [0.717, 1.165) is 4.88 Å². The Bertz CT molecular complexity index is 619. The third-order valence-corrected chi connectivity index (χ3v) is 4.37. The molecule has 1 aromatic heterocycles. The minimum absolute atomic E-state index is 0.0255. The van der Waals surface area contributed by atoms with Crippen LogP contribution in [0.5, 0.6) is 11.5 Å². The number of anilines is 1. The average Bonchev–Trinajstić information content (AvgIpc) is 3.05. The number of hydrogen-bond donors (Lipinski definition) is 2. The van der Waals surface area contributed by atoms with Gasteiger partial charge in [0.05, 0.1) is 20.3 Å². The lowest BCUT2D eigenvalue weighted by molar-refractivity contribution is 0.245. The lowest BCUT2D eigenvalue weighted by atomic mass is 10.0. The summed E-state index contributed by atoms with van der Waals surface area (Å²) < 4.78 is 10.4. The van der Waals surface area contributed by atoms with Crippen molar-refractivity contribution < 1.29 is 14.3 Å². The highest BCUT2D eigenvalue weighted by molar-refractivity contribution is 7.10. The number of carbonyl (C=O) groups excluding carboxylic acids is 1. The molecular formula is C17H22N2O3S. The monoisotopic (exact) mass is 334 g/mol. The molecular weight excluding hydrogens is 312 g/mol. The van der Waals surface area contributed by atoms with Gasteiger partial charge in [0.15, 0.2) is 0 Å². The average molecular weight is 334 g/mol. The molecule has 5 nitrogen and oxygen atoms in total. The summed E-state index contributed by atoms with van der Waals surface area (Å²) in [6, 6.07) is 8.99. The molecule has 0 radical (unpaired) electrons. The summed E-state index contributed by atoms with van der Waals surface area (Å²) in [5, 5.41) is 7.87. The number of benzene rings is 1. The summed E-state index contributed by atoms with van der Waals surface area (Å²) in [7, 11) is 3.15. The van der Waals surface area contributed by atoms with Gasteiger partial charge >= 0.3 is 6.03 Å². The lowest BCUT2D eigenvalue weighted by Gasteiger charge is -2.21. The number of rotatable bonds is 6. The summed E-state index contributed by atoms with van der Waals surface area (Å²) in [5.74, 6) is 1.54. The van der Waals surface area contributed by atoms with Crippen LogP contribution in [0, 0.1) is 5.92 Å². The van der Waals surface area contributed by atoms with Gasteiger partial charge in [0, 0.05) is 28.8 Å². The molecule has 1 aromatic carbocycles. The first-order valence-electron chi connectivity index (χ1n) is 7.37. The molecule has 0 aliphatic carbocycles. The van der Waals surface area contributed by atoms with E-state index in [1.807, 2.05) is 17.5 Å². The van der Waals surface area contributed by atoms with E-state index >= 15 is 0 Å². The van der Waals surface area contributed by atoms with Crippen LogP contribution in [-0.2, 0) is 0 Å². The van der Waals surface area contributed by atoms with Gasteiger partial charge in [-0.05, 0) is 17.4 Å². The largest absolute Gasteiger partial charge is 0.497 e. The van der Waals surface area contributed by atoms with Crippen molar-refractivity contribution in [2.24, 2.45) is 5.92 Å². The highest BCUT2D eigenvalue weighted by Crippen LogP contribution is 2.27. The Labute approximate surface area is 140 Å². The SMILES string of the molecule is COc1cc(NC(=O)N[C@@H](c2cccs2)C(C)C)cc(OC)c1. The maximum Gasteiger partial charge on any atom is 0.319 e. The zero-order valence-electron chi connectivity index (χ0n) is 13.8. The Morgan fingerprint density at radius 1 is 1.13 bits per heavy atom. The van der Waals surface area contributed by atoms with Crippen LogP contribution in [0.1, 0.15) is 24.8 Å². The molecule has 0 bridgehead atoms. The van der Waals surface area contributed by atoms with E-state index in [4.69, 9.17) is 9.47 Å². The van der Waals surface area contributed by atoms with Gasteiger partial charge in [-0.3, -0.25) is 0 Å². The van der Waals surface area contributed by atoms with Crippen molar-refractivity contribution in [1.29, 1.82) is 0 Å². The molecule has 23 heavy (non-hydrogen) atoms. The fourth-order valence-electron chi connectivity index (χ4n) is 2.22. The molecule has 6 heteroatoms. The highest BCUT2D eigenvalue weighted by atomic mass is 32.1. The summed E-state index contributed by atoms with van der Waals surface area (Å²) in [5.41, 5.74) is 0.618. The van der Waals surface area contributed by atoms with Crippen molar-refractivity contribution in [1.82, 2.24) is 5.32 Å². The molecule has 0 fully saturated rings. The highest BCUT2D eigenvalue weighted by Gasteiger charge is 2.19. The van der Waals surface area contributed by atoms with E-state index in [2.05, 4.69) is 24.5 Å². The Kier molecular flexibility index (Phi) is 5.87. The predicted octanol–water partition coefficient (Wildman–Crippen LogP) is 4.28. The van der Waals surface area contributed by atoms with Crippen molar-refractivity contribution >= 4 is 23.1 Å². The van der Waals surface area contributed by atoms with Gasteiger partial charge < -0.3 is 20.1 Å². The Morgan fingerprint density at radius 3 is 2.26 bits per heavy atom. The van der Waals surface area contributed by atoms with Gasteiger partial charge in [-0.1, -0.05) is 19.9 Å². The number of amides is 2. The zero-order chi connectivity index (χ0) is 16.8. The van der Waals surface area contributed by atoms with E-state index in [1.54, 1.807) is 43.8 Å². The lowest BCUT2D eigenvalue weighted by Crippen LogP contribution is -2.34. The molecule has 2 rings (SSSR count). The Balaban J connectivity index is 2.09. The van der Waals surface area contributed by atoms with Crippen molar-refractivity contribution in [2.45, 2.75) is 19.9 Å². The number of urea groups is 1. The first-order valence-corrected chi connectivity index (χ1v) is 8.25. The number of ether oxygens (including phenoxy) is 2. The molecule has 1 heterocycles. The number of nitrogens with one attached hydrogen (secondary N) is 2. The quantitative estimate of drug-likeness (QED) is 0.829. The standard InChI is InChI=1S/C17H22N2O3S/c1-11(2)16(15-6-5-7-23-15)19-17(20)18-12-8-13(21-3)10-14(9-12)22-4/h5-11,16H,1-4H3,(H2,18,19,20)/t16-/m1/s1. The van der Waals surface area contributed by atoms with Gasteiger partial charge in [-0.2, -0.15) is 0 Å². The van der Waals surface area contributed by atoms with E-state index in [1.165, 1.54) is 0 Å². The first-order chi connectivity index (χ1) is 11.0. The number of thiophene rings is 1. The second kappa shape index (κ2) is 7.87. The van der Waals surface area contributed by atoms with Crippen LogP contribution < -0.4 is 20.1 Å². The Morgan fingerprint density at radius 2 is 1.78 bits per heavy atom. The molecule has 0 unspecified atom stereocenters. The van der Waals surface area contributed by atoms with Gasteiger partial charge in [0.1, 0.15) is 11.5 Å². The molecule has 2 amide bonds. The van der Waals surface area contributed by atoms with E-state index in [0.29, 0.717) is 23.1 Å². The molecule has 1 atom stereocenters. The predicted molar refractivity (Wildman–Crippen MR) is 93.6 cm³/mol. The molecule has 0 saturated carbocycles. The molecule has 124 valence electrons. The smallest absolute Gasteiger partial charge is 0.319 e.